The zero-order valence-corrected chi connectivity index (χ0v) is 21.5. The van der Waals surface area contributed by atoms with Crippen LogP contribution in [0.15, 0.2) is 36.4 Å². The second kappa shape index (κ2) is 10.5. The quantitative estimate of drug-likeness (QED) is 0.577. The van der Waals surface area contributed by atoms with Gasteiger partial charge in [-0.05, 0) is 62.1 Å². The molecule has 2 saturated heterocycles. The van der Waals surface area contributed by atoms with Crippen LogP contribution in [0.3, 0.4) is 0 Å². The standard InChI is InChI=1S/C25H28ClF2NO4S.ClH/c26-17-3-1-16(2-4-17)13-25-9-11-32-22(8-12-34(30,31)18-7-10-29-14-18)19(25)15-33-24-21(28)6-5-20(27)23(24)25;/h1-6,18-19,22,29H,7-15H2;1H/t18-,19+,22+,25+;/m1./s1. The normalized spacial score (nSPS) is 27.9. The Morgan fingerprint density at radius 3 is 2.57 bits per heavy atom. The van der Waals surface area contributed by atoms with Crippen molar-refractivity contribution in [2.75, 3.05) is 32.1 Å². The molecule has 0 aliphatic carbocycles. The van der Waals surface area contributed by atoms with Gasteiger partial charge in [-0.1, -0.05) is 23.7 Å². The van der Waals surface area contributed by atoms with E-state index in [0.29, 0.717) is 50.4 Å². The number of nitrogens with one attached hydrogen (secondary N) is 1. The van der Waals surface area contributed by atoms with Crippen LogP contribution in [0.5, 0.6) is 5.75 Å². The van der Waals surface area contributed by atoms with E-state index in [2.05, 4.69) is 5.32 Å². The van der Waals surface area contributed by atoms with Crippen molar-refractivity contribution in [1.29, 1.82) is 0 Å². The van der Waals surface area contributed by atoms with Crippen LogP contribution >= 0.6 is 24.0 Å². The summed E-state index contributed by atoms with van der Waals surface area (Å²) in [4.78, 5) is 0. The van der Waals surface area contributed by atoms with Crippen LogP contribution in [-0.2, 0) is 26.4 Å². The molecule has 0 unspecified atom stereocenters. The maximum absolute atomic E-state index is 15.3. The number of hydrogen-bond donors (Lipinski definition) is 1. The van der Waals surface area contributed by atoms with E-state index in [4.69, 9.17) is 21.1 Å². The van der Waals surface area contributed by atoms with Gasteiger partial charge >= 0.3 is 0 Å². The van der Waals surface area contributed by atoms with E-state index in [0.717, 1.165) is 17.7 Å². The first kappa shape index (κ1) is 26.6. The van der Waals surface area contributed by atoms with Crippen molar-refractivity contribution in [2.45, 2.75) is 42.5 Å². The molecule has 0 aromatic heterocycles. The Labute approximate surface area is 215 Å². The fraction of sp³-hybridized carbons (Fsp3) is 0.520. The predicted octanol–water partition coefficient (Wildman–Crippen LogP) is 4.48. The average molecular weight is 548 g/mol. The Morgan fingerprint density at radius 1 is 1.11 bits per heavy atom. The molecular weight excluding hydrogens is 519 g/mol. The number of benzene rings is 2. The van der Waals surface area contributed by atoms with Gasteiger partial charge in [0.2, 0.25) is 0 Å². The highest BCUT2D eigenvalue weighted by atomic mass is 35.5. The molecule has 1 N–H and O–H groups in total. The van der Waals surface area contributed by atoms with Gasteiger partial charge in [0.1, 0.15) is 5.82 Å². The van der Waals surface area contributed by atoms with Crippen molar-refractivity contribution in [1.82, 2.24) is 5.32 Å². The molecule has 0 radical (unpaired) electrons. The van der Waals surface area contributed by atoms with E-state index in [1.807, 2.05) is 12.1 Å². The topological polar surface area (TPSA) is 64.6 Å². The van der Waals surface area contributed by atoms with E-state index in [1.54, 1.807) is 12.1 Å². The number of sulfone groups is 1. The number of rotatable bonds is 6. The van der Waals surface area contributed by atoms with Crippen LogP contribution in [0.25, 0.3) is 0 Å². The molecule has 0 spiro atoms. The molecule has 3 aliphatic rings. The first-order valence-electron chi connectivity index (χ1n) is 11.7. The van der Waals surface area contributed by atoms with Crippen molar-refractivity contribution in [3.63, 3.8) is 0 Å². The summed E-state index contributed by atoms with van der Waals surface area (Å²) in [6.07, 6.45) is 1.39. The van der Waals surface area contributed by atoms with Gasteiger partial charge in [0.15, 0.2) is 21.4 Å². The minimum Gasteiger partial charge on any atom is -0.490 e. The lowest BCUT2D eigenvalue weighted by molar-refractivity contribution is -0.0963. The lowest BCUT2D eigenvalue weighted by Gasteiger charge is -2.51. The molecule has 3 heterocycles. The van der Waals surface area contributed by atoms with E-state index >= 15 is 4.39 Å². The molecule has 0 amide bonds. The zero-order chi connectivity index (χ0) is 23.9. The van der Waals surface area contributed by atoms with Crippen molar-refractivity contribution < 1.29 is 26.7 Å². The average Bonchev–Trinajstić information content (AvgIpc) is 3.37. The monoisotopic (exact) mass is 547 g/mol. The van der Waals surface area contributed by atoms with Gasteiger partial charge in [-0.25, -0.2) is 17.2 Å². The highest BCUT2D eigenvalue weighted by Crippen LogP contribution is 2.52. The summed E-state index contributed by atoms with van der Waals surface area (Å²) in [5, 5.41) is 3.32. The minimum atomic E-state index is -3.29. The molecule has 5 nitrogen and oxygen atoms in total. The number of fused-ring (bicyclic) bond motifs is 3. The molecule has 5 rings (SSSR count). The van der Waals surface area contributed by atoms with Crippen LogP contribution in [0.2, 0.25) is 5.02 Å². The summed E-state index contributed by atoms with van der Waals surface area (Å²) >= 11 is 6.07. The Kier molecular flexibility index (Phi) is 7.98. The molecule has 2 fully saturated rings. The Morgan fingerprint density at radius 2 is 1.86 bits per heavy atom. The predicted molar refractivity (Wildman–Crippen MR) is 133 cm³/mol. The highest BCUT2D eigenvalue weighted by Gasteiger charge is 2.53. The fourth-order valence-corrected chi connectivity index (χ4v) is 7.75. The van der Waals surface area contributed by atoms with Gasteiger partial charge in [-0.3, -0.25) is 0 Å². The second-order valence-corrected chi connectivity index (χ2v) is 12.4. The number of halogens is 4. The number of ether oxygens (including phenoxy) is 2. The van der Waals surface area contributed by atoms with Crippen molar-refractivity contribution in [2.24, 2.45) is 5.92 Å². The summed E-state index contributed by atoms with van der Waals surface area (Å²) in [7, 11) is -3.29. The van der Waals surface area contributed by atoms with E-state index < -0.39 is 33.0 Å². The Balaban J connectivity index is 0.00000289. The first-order valence-corrected chi connectivity index (χ1v) is 13.8. The molecule has 0 saturated carbocycles. The van der Waals surface area contributed by atoms with Gasteiger partial charge < -0.3 is 14.8 Å². The maximum atomic E-state index is 15.3. The Hall–Kier alpha value is -1.45. The Bertz CT molecular complexity index is 1160. The highest BCUT2D eigenvalue weighted by molar-refractivity contribution is 7.92. The molecule has 4 atom stereocenters. The molecule has 35 heavy (non-hydrogen) atoms. The van der Waals surface area contributed by atoms with Crippen LogP contribution in [0, 0.1) is 17.6 Å². The third kappa shape index (κ3) is 5.05. The van der Waals surface area contributed by atoms with Crippen LogP contribution in [0.4, 0.5) is 8.78 Å². The van der Waals surface area contributed by atoms with Crippen LogP contribution in [-0.4, -0.2) is 51.8 Å². The maximum Gasteiger partial charge on any atom is 0.165 e. The fourth-order valence-electron chi connectivity index (χ4n) is 5.88. The van der Waals surface area contributed by atoms with Gasteiger partial charge in [0, 0.05) is 35.1 Å². The summed E-state index contributed by atoms with van der Waals surface area (Å²) in [5.41, 5.74) is 0.390. The third-order valence-electron chi connectivity index (χ3n) is 7.65. The minimum absolute atomic E-state index is 0. The van der Waals surface area contributed by atoms with E-state index in [1.165, 1.54) is 0 Å². The van der Waals surface area contributed by atoms with Crippen molar-refractivity contribution >= 4 is 33.8 Å². The molecule has 3 aliphatic heterocycles. The number of hydrogen-bond acceptors (Lipinski definition) is 5. The molecule has 2 aromatic carbocycles. The lowest BCUT2D eigenvalue weighted by atomic mass is 9.60. The van der Waals surface area contributed by atoms with E-state index in [9.17, 15) is 12.8 Å². The van der Waals surface area contributed by atoms with Crippen LogP contribution in [0.1, 0.15) is 30.4 Å². The molecular formula is C25H29Cl2F2NO4S. The smallest absolute Gasteiger partial charge is 0.165 e. The van der Waals surface area contributed by atoms with Gasteiger partial charge in [0.05, 0.1) is 23.7 Å². The lowest BCUT2D eigenvalue weighted by Crippen LogP contribution is -2.55. The summed E-state index contributed by atoms with van der Waals surface area (Å²) in [6.45, 7) is 1.64. The van der Waals surface area contributed by atoms with Crippen molar-refractivity contribution in [3.05, 3.63) is 64.2 Å². The summed E-state index contributed by atoms with van der Waals surface area (Å²) in [6, 6.07) is 9.58. The van der Waals surface area contributed by atoms with Gasteiger partial charge in [0.25, 0.3) is 0 Å². The van der Waals surface area contributed by atoms with Gasteiger partial charge in [-0.15, -0.1) is 12.4 Å². The molecule has 2 aromatic rings. The second-order valence-electron chi connectivity index (χ2n) is 9.54. The summed E-state index contributed by atoms with van der Waals surface area (Å²) in [5.74, 6) is -1.48. The molecule has 0 bridgehead atoms. The molecule has 10 heteroatoms. The van der Waals surface area contributed by atoms with Crippen LogP contribution < -0.4 is 10.1 Å². The first-order chi connectivity index (χ1) is 16.3. The third-order valence-corrected chi connectivity index (χ3v) is 10.1. The zero-order valence-electron chi connectivity index (χ0n) is 19.1. The van der Waals surface area contributed by atoms with Crippen molar-refractivity contribution in [3.8, 4) is 5.75 Å². The SMILES string of the molecule is Cl.O=S(=O)(CC[C@@H]1OCC[C@@]2(Cc3ccc(Cl)cc3)c3c(F)ccc(F)c3OC[C@@H]12)[C@@H]1CCNC1. The largest absolute Gasteiger partial charge is 0.490 e. The van der Waals surface area contributed by atoms with Gasteiger partial charge in [-0.2, -0.15) is 0 Å². The van der Waals surface area contributed by atoms with E-state index in [-0.39, 0.29) is 47.2 Å². The molecule has 192 valence electrons. The summed E-state index contributed by atoms with van der Waals surface area (Å²) < 4.78 is 67.7.